The number of aliphatic hydroxyl groups is 1. The average molecular weight is 488 g/mol. The number of ether oxygens (including phenoxy) is 1. The van der Waals surface area contributed by atoms with Gasteiger partial charge in [0, 0.05) is 30.9 Å². The first-order valence-corrected chi connectivity index (χ1v) is 12.5. The van der Waals surface area contributed by atoms with E-state index in [2.05, 4.69) is 9.88 Å². The fourth-order valence-electron chi connectivity index (χ4n) is 5.00. The van der Waals surface area contributed by atoms with Gasteiger partial charge in [0.15, 0.2) is 0 Å². The third kappa shape index (κ3) is 6.55. The van der Waals surface area contributed by atoms with Crippen LogP contribution in [0.3, 0.4) is 0 Å². The fourth-order valence-corrected chi connectivity index (χ4v) is 5.00. The van der Waals surface area contributed by atoms with Crippen molar-refractivity contribution in [2.24, 2.45) is 5.92 Å². The van der Waals surface area contributed by atoms with Gasteiger partial charge in [-0.2, -0.15) is 0 Å². The van der Waals surface area contributed by atoms with Crippen LogP contribution in [-0.2, 0) is 0 Å². The van der Waals surface area contributed by atoms with Crippen LogP contribution in [0.15, 0.2) is 36.5 Å². The van der Waals surface area contributed by atoms with Crippen LogP contribution < -0.4 is 4.74 Å². The molecule has 0 spiro atoms. The topological polar surface area (TPSA) is 65.9 Å². The van der Waals surface area contributed by atoms with E-state index >= 15 is 0 Å². The molecule has 3 heterocycles. The van der Waals surface area contributed by atoms with Crippen LogP contribution in [0, 0.1) is 11.7 Å². The van der Waals surface area contributed by atoms with Crippen molar-refractivity contribution in [3.8, 4) is 17.0 Å². The summed E-state index contributed by atoms with van der Waals surface area (Å²) < 4.78 is 34.5. The first-order chi connectivity index (χ1) is 16.7. The lowest BCUT2D eigenvalue weighted by molar-refractivity contribution is 0.0673. The smallest absolute Gasteiger partial charge is 0.257 e. The molecule has 1 aromatic carbocycles. The lowest BCUT2D eigenvalue weighted by Gasteiger charge is -2.34. The van der Waals surface area contributed by atoms with Crippen LogP contribution in [0.5, 0.6) is 5.88 Å². The highest BCUT2D eigenvalue weighted by Gasteiger charge is 2.30. The molecule has 1 N–H and O–H groups in total. The van der Waals surface area contributed by atoms with Gasteiger partial charge in [0.2, 0.25) is 5.88 Å². The summed E-state index contributed by atoms with van der Waals surface area (Å²) in [7, 11) is 0. The normalized spacial score (nSPS) is 19.8. The number of hydrogen-bond donors (Lipinski definition) is 1. The number of halogens is 2. The van der Waals surface area contributed by atoms with Crippen LogP contribution in [0.4, 0.5) is 8.78 Å². The van der Waals surface area contributed by atoms with Crippen molar-refractivity contribution in [3.63, 3.8) is 0 Å². The Kier molecular flexibility index (Phi) is 8.02. The lowest BCUT2D eigenvalue weighted by atomic mass is 9.97. The Labute approximate surface area is 205 Å². The van der Waals surface area contributed by atoms with Gasteiger partial charge in [0.25, 0.3) is 5.91 Å². The zero-order valence-corrected chi connectivity index (χ0v) is 20.6. The van der Waals surface area contributed by atoms with Gasteiger partial charge in [-0.15, -0.1) is 0 Å². The minimum atomic E-state index is -1.18. The molecule has 6 nitrogen and oxygen atoms in total. The molecule has 35 heavy (non-hydrogen) atoms. The maximum atomic E-state index is 14.8. The van der Waals surface area contributed by atoms with Crippen molar-refractivity contribution in [2.75, 3.05) is 39.4 Å². The van der Waals surface area contributed by atoms with Crippen LogP contribution in [0.1, 0.15) is 49.9 Å². The number of nitrogens with zero attached hydrogens (tertiary/aromatic N) is 3. The van der Waals surface area contributed by atoms with Crippen LogP contribution >= 0.6 is 0 Å². The van der Waals surface area contributed by atoms with Crippen molar-refractivity contribution in [1.29, 1.82) is 0 Å². The Morgan fingerprint density at radius 2 is 1.89 bits per heavy atom. The molecule has 4 rings (SSSR count). The molecule has 2 aliphatic heterocycles. The standard InChI is InChI=1S/C27H35F2N3O3/c1-27(2,29)18-31-12-9-19(10-13-31)17-35-25-8-6-21(15-30-25)20-5-7-23(24(28)14-20)26(34)32-11-3-4-22(32)16-33/h5-8,14-15,19,22,33H,3-4,9-13,16-18H2,1-2H3/t22-/m1/s1. The Hall–Kier alpha value is -2.58. The minimum Gasteiger partial charge on any atom is -0.477 e. The molecule has 0 aliphatic carbocycles. The van der Waals surface area contributed by atoms with Gasteiger partial charge in [-0.25, -0.2) is 13.8 Å². The predicted octanol–water partition coefficient (Wildman–Crippen LogP) is 4.32. The van der Waals surface area contributed by atoms with E-state index in [0.717, 1.165) is 44.3 Å². The number of carbonyl (C=O) groups is 1. The molecule has 2 fully saturated rings. The molecule has 2 aromatic rings. The zero-order chi connectivity index (χ0) is 25.0. The van der Waals surface area contributed by atoms with E-state index in [9.17, 15) is 18.7 Å². The fraction of sp³-hybridized carbons (Fsp3) is 0.556. The maximum Gasteiger partial charge on any atom is 0.257 e. The average Bonchev–Trinajstić information content (AvgIpc) is 3.31. The molecule has 8 heteroatoms. The van der Waals surface area contributed by atoms with E-state index in [1.165, 1.54) is 12.1 Å². The monoisotopic (exact) mass is 487 g/mol. The number of aliphatic hydroxyl groups excluding tert-OH is 1. The van der Waals surface area contributed by atoms with E-state index in [1.807, 2.05) is 6.07 Å². The highest BCUT2D eigenvalue weighted by molar-refractivity contribution is 5.95. The largest absolute Gasteiger partial charge is 0.477 e. The molecular weight excluding hydrogens is 452 g/mol. The van der Waals surface area contributed by atoms with Crippen molar-refractivity contribution in [3.05, 3.63) is 47.9 Å². The van der Waals surface area contributed by atoms with Gasteiger partial charge in [-0.1, -0.05) is 6.07 Å². The highest BCUT2D eigenvalue weighted by Crippen LogP contribution is 2.26. The summed E-state index contributed by atoms with van der Waals surface area (Å²) in [6.45, 7) is 6.42. The number of rotatable bonds is 8. The second-order valence-electron chi connectivity index (χ2n) is 10.3. The molecule has 1 aromatic heterocycles. The van der Waals surface area contributed by atoms with Crippen molar-refractivity contribution in [2.45, 2.75) is 51.2 Å². The summed E-state index contributed by atoms with van der Waals surface area (Å²) in [6, 6.07) is 7.91. The van der Waals surface area contributed by atoms with Gasteiger partial charge in [0.05, 0.1) is 24.8 Å². The molecule has 0 saturated carbocycles. The van der Waals surface area contributed by atoms with Crippen molar-refractivity contribution < 1.29 is 23.4 Å². The molecule has 1 amide bonds. The molecule has 0 bridgehead atoms. The molecule has 2 saturated heterocycles. The number of pyridine rings is 1. The molecule has 0 unspecified atom stereocenters. The summed E-state index contributed by atoms with van der Waals surface area (Å²) in [4.78, 5) is 20.8. The van der Waals surface area contributed by atoms with Crippen LogP contribution in [0.25, 0.3) is 11.1 Å². The lowest BCUT2D eigenvalue weighted by Crippen LogP contribution is -2.41. The van der Waals surface area contributed by atoms with E-state index < -0.39 is 11.5 Å². The zero-order valence-electron chi connectivity index (χ0n) is 20.6. The van der Waals surface area contributed by atoms with Gasteiger partial charge in [-0.05, 0) is 82.3 Å². The van der Waals surface area contributed by atoms with Gasteiger partial charge in [0.1, 0.15) is 11.5 Å². The van der Waals surface area contributed by atoms with Crippen molar-refractivity contribution >= 4 is 5.91 Å². The minimum absolute atomic E-state index is 0.0168. The summed E-state index contributed by atoms with van der Waals surface area (Å²) in [5, 5.41) is 9.46. The molecule has 2 aliphatic rings. The second kappa shape index (κ2) is 11.0. The summed E-state index contributed by atoms with van der Waals surface area (Å²) in [5.41, 5.74) is 0.196. The Morgan fingerprint density at radius 1 is 1.14 bits per heavy atom. The molecular formula is C27H35F2N3O3. The number of likely N-dealkylation sites (tertiary alicyclic amines) is 2. The molecule has 1 atom stereocenters. The first-order valence-electron chi connectivity index (χ1n) is 12.5. The Balaban J connectivity index is 1.31. The van der Waals surface area contributed by atoms with Crippen LogP contribution in [-0.4, -0.2) is 76.9 Å². The number of piperidine rings is 1. The number of carbonyl (C=O) groups excluding carboxylic acids is 1. The van der Waals surface area contributed by atoms with E-state index in [4.69, 9.17) is 4.74 Å². The van der Waals surface area contributed by atoms with E-state index in [1.54, 1.807) is 37.1 Å². The number of amides is 1. The third-order valence-corrected chi connectivity index (χ3v) is 6.89. The number of alkyl halides is 1. The third-order valence-electron chi connectivity index (χ3n) is 6.89. The predicted molar refractivity (Wildman–Crippen MR) is 131 cm³/mol. The SMILES string of the molecule is CC(C)(F)CN1CCC(COc2ccc(-c3ccc(C(=O)N4CCC[C@@H]4CO)c(F)c3)cn2)CC1. The molecule has 190 valence electrons. The summed E-state index contributed by atoms with van der Waals surface area (Å²) in [6.07, 6.45) is 5.12. The number of hydrogen-bond acceptors (Lipinski definition) is 5. The maximum absolute atomic E-state index is 14.8. The Morgan fingerprint density at radius 3 is 2.51 bits per heavy atom. The van der Waals surface area contributed by atoms with Gasteiger partial charge in [-0.3, -0.25) is 4.79 Å². The first kappa shape index (κ1) is 25.5. The Bertz CT molecular complexity index is 1000. The highest BCUT2D eigenvalue weighted by atomic mass is 19.1. The quantitative estimate of drug-likeness (QED) is 0.601. The number of aromatic nitrogens is 1. The summed E-state index contributed by atoms with van der Waals surface area (Å²) in [5.74, 6) is -0.0429. The van der Waals surface area contributed by atoms with E-state index in [0.29, 0.717) is 37.1 Å². The van der Waals surface area contributed by atoms with E-state index in [-0.39, 0.29) is 24.1 Å². The summed E-state index contributed by atoms with van der Waals surface area (Å²) >= 11 is 0. The van der Waals surface area contributed by atoms with Gasteiger partial charge < -0.3 is 19.6 Å². The van der Waals surface area contributed by atoms with Crippen LogP contribution in [0.2, 0.25) is 0 Å². The number of benzene rings is 1. The second-order valence-corrected chi connectivity index (χ2v) is 10.3. The van der Waals surface area contributed by atoms with Gasteiger partial charge >= 0.3 is 0 Å². The molecule has 0 radical (unpaired) electrons. The van der Waals surface area contributed by atoms with Crippen molar-refractivity contribution in [1.82, 2.24) is 14.8 Å².